The molecule has 0 aliphatic heterocycles. The van der Waals surface area contributed by atoms with Crippen LogP contribution in [0.15, 0.2) is 91.1 Å². The van der Waals surface area contributed by atoms with Gasteiger partial charge >= 0.3 is 0 Å². The van der Waals surface area contributed by atoms with Crippen molar-refractivity contribution in [1.29, 1.82) is 0 Å². The molecule has 0 aliphatic rings. The first-order valence-corrected chi connectivity index (χ1v) is 13.0. The highest BCUT2D eigenvalue weighted by molar-refractivity contribution is 6.29. The highest BCUT2D eigenvalue weighted by Gasteiger charge is 2.27. The van der Waals surface area contributed by atoms with E-state index in [-0.39, 0.29) is 0 Å². The van der Waals surface area contributed by atoms with Gasteiger partial charge in [0, 0.05) is 22.4 Å². The lowest BCUT2D eigenvalue weighted by molar-refractivity contribution is -0.643. The third kappa shape index (κ3) is 2.52. The third-order valence-corrected chi connectivity index (χ3v) is 8.55. The molecule has 0 fully saturated rings. The van der Waals surface area contributed by atoms with Gasteiger partial charge in [0.25, 0.3) is 0 Å². The summed E-state index contributed by atoms with van der Waals surface area (Å²) in [6, 6.07) is 31.4. The maximum absolute atomic E-state index is 2.60. The highest BCUT2D eigenvalue weighted by Crippen LogP contribution is 2.45. The predicted molar refractivity (Wildman–Crippen MR) is 157 cm³/mol. The van der Waals surface area contributed by atoms with Gasteiger partial charge < -0.3 is 4.40 Å². The molecule has 0 radical (unpaired) electrons. The summed E-state index contributed by atoms with van der Waals surface area (Å²) in [6.07, 6.45) is 2.22. The number of hydrogen-bond acceptors (Lipinski definition) is 0. The fourth-order valence-corrected chi connectivity index (χ4v) is 6.87. The Morgan fingerprint density at radius 3 is 2.22 bits per heavy atom. The van der Waals surface area contributed by atoms with Gasteiger partial charge in [0.05, 0.1) is 27.3 Å². The Bertz CT molecular complexity index is 2220. The van der Waals surface area contributed by atoms with E-state index in [4.69, 9.17) is 0 Å². The minimum absolute atomic E-state index is 1.25. The summed E-state index contributed by atoms with van der Waals surface area (Å²) in [6.45, 7) is 6.82. The molecule has 8 rings (SSSR count). The van der Waals surface area contributed by atoms with Crippen molar-refractivity contribution in [3.05, 3.63) is 108 Å². The van der Waals surface area contributed by atoms with Crippen LogP contribution in [0.2, 0.25) is 0 Å². The number of pyridine rings is 2. The molecule has 0 bridgehead atoms. The lowest BCUT2D eigenvalue weighted by Gasteiger charge is -2.18. The van der Waals surface area contributed by atoms with Crippen molar-refractivity contribution in [3.8, 4) is 11.1 Å². The van der Waals surface area contributed by atoms with Gasteiger partial charge in [-0.15, -0.1) is 0 Å². The molecule has 2 nitrogen and oxygen atoms in total. The summed E-state index contributed by atoms with van der Waals surface area (Å²) in [5.41, 5.74) is 11.8. The zero-order valence-corrected chi connectivity index (χ0v) is 21.6. The van der Waals surface area contributed by atoms with Crippen LogP contribution in [0, 0.1) is 20.8 Å². The smallest absolute Gasteiger partial charge is 0.224 e. The summed E-state index contributed by atoms with van der Waals surface area (Å²) in [7, 11) is 2.19. The molecule has 0 spiro atoms. The third-order valence-electron chi connectivity index (χ3n) is 8.55. The first kappa shape index (κ1) is 20.7. The van der Waals surface area contributed by atoms with E-state index >= 15 is 0 Å². The molecule has 2 heteroatoms. The molecule has 176 valence electrons. The summed E-state index contributed by atoms with van der Waals surface area (Å²) in [5.74, 6) is 0. The van der Waals surface area contributed by atoms with Crippen molar-refractivity contribution >= 4 is 59.8 Å². The Kier molecular flexibility index (Phi) is 3.96. The number of fused-ring (bicyclic) bond motifs is 7. The van der Waals surface area contributed by atoms with Crippen LogP contribution in [0.3, 0.4) is 0 Å². The molecule has 0 unspecified atom stereocenters. The zero-order chi connectivity index (χ0) is 25.0. The molecule has 5 aromatic carbocycles. The summed E-state index contributed by atoms with van der Waals surface area (Å²) in [4.78, 5) is 0. The molecule has 0 atom stereocenters. The van der Waals surface area contributed by atoms with E-state index in [0.717, 1.165) is 0 Å². The molecule has 0 saturated heterocycles. The molecule has 3 heterocycles. The lowest BCUT2D eigenvalue weighted by Crippen LogP contribution is -2.29. The molecule has 3 aromatic heterocycles. The van der Waals surface area contributed by atoms with E-state index in [0.29, 0.717) is 0 Å². The van der Waals surface area contributed by atoms with Gasteiger partial charge in [-0.3, -0.25) is 0 Å². The number of hydrogen-bond donors (Lipinski definition) is 0. The van der Waals surface area contributed by atoms with Crippen molar-refractivity contribution in [2.24, 2.45) is 7.05 Å². The SMILES string of the molecule is Cc1ccc2c(C)c3c(c(C)c2c1)n1c2c(-c4ccccc4)cccc2c2ccc4cc[n+](C)c3c4c21. The summed E-state index contributed by atoms with van der Waals surface area (Å²) < 4.78 is 4.92. The molecule has 0 N–H and O–H groups in total. The van der Waals surface area contributed by atoms with Crippen molar-refractivity contribution in [2.45, 2.75) is 20.8 Å². The van der Waals surface area contributed by atoms with E-state index < -0.39 is 0 Å². The second kappa shape index (κ2) is 7.08. The Hall–Kier alpha value is -4.43. The maximum Gasteiger partial charge on any atom is 0.224 e. The second-order valence-electron chi connectivity index (χ2n) is 10.6. The molecular weight excluding hydrogens is 448 g/mol. The van der Waals surface area contributed by atoms with Crippen molar-refractivity contribution in [3.63, 3.8) is 0 Å². The molecule has 0 aliphatic carbocycles. The average molecular weight is 476 g/mol. The predicted octanol–water partition coefficient (Wildman–Crippen LogP) is 8.56. The first-order chi connectivity index (χ1) is 18.0. The number of aromatic nitrogens is 2. The van der Waals surface area contributed by atoms with Crippen molar-refractivity contribution in [1.82, 2.24) is 4.40 Å². The quantitative estimate of drug-likeness (QED) is 0.128. The van der Waals surface area contributed by atoms with Crippen LogP contribution >= 0.6 is 0 Å². The molecule has 8 aromatic rings. The fourth-order valence-electron chi connectivity index (χ4n) is 6.87. The minimum Gasteiger partial charge on any atom is -0.307 e. The summed E-state index contributed by atoms with van der Waals surface area (Å²) >= 11 is 0. The van der Waals surface area contributed by atoms with Crippen LogP contribution in [0.25, 0.3) is 70.9 Å². The molecule has 0 saturated carbocycles. The van der Waals surface area contributed by atoms with Crippen LogP contribution < -0.4 is 4.57 Å². The van der Waals surface area contributed by atoms with E-state index in [1.165, 1.54) is 87.6 Å². The van der Waals surface area contributed by atoms with Crippen molar-refractivity contribution in [2.75, 3.05) is 0 Å². The number of para-hydroxylation sites is 1. The van der Waals surface area contributed by atoms with Gasteiger partial charge in [0.1, 0.15) is 7.05 Å². The van der Waals surface area contributed by atoms with Crippen LogP contribution in [-0.4, -0.2) is 4.40 Å². The summed E-state index contributed by atoms with van der Waals surface area (Å²) in [5, 5.41) is 9.30. The molecule has 0 amide bonds. The van der Waals surface area contributed by atoms with Gasteiger partial charge in [-0.1, -0.05) is 84.4 Å². The topological polar surface area (TPSA) is 8.29 Å². The Balaban J connectivity index is 1.80. The number of rotatable bonds is 1. The van der Waals surface area contributed by atoms with Gasteiger partial charge in [-0.05, 0) is 53.6 Å². The Labute approximate surface area is 215 Å². The zero-order valence-electron chi connectivity index (χ0n) is 21.6. The Morgan fingerprint density at radius 2 is 1.38 bits per heavy atom. The highest BCUT2D eigenvalue weighted by atomic mass is 15.0. The fraction of sp³-hybridized carbons (Fsp3) is 0.114. The van der Waals surface area contributed by atoms with Crippen molar-refractivity contribution < 1.29 is 4.57 Å². The molecule has 37 heavy (non-hydrogen) atoms. The number of benzene rings is 5. The number of nitrogens with zero attached hydrogens (tertiary/aromatic N) is 2. The van der Waals surface area contributed by atoms with E-state index in [1.807, 2.05) is 0 Å². The van der Waals surface area contributed by atoms with Gasteiger partial charge in [-0.2, -0.15) is 0 Å². The van der Waals surface area contributed by atoms with Crippen LogP contribution in [0.5, 0.6) is 0 Å². The standard InChI is InChI=1S/C35H27N2/c1-20-13-15-25-21(2)30-32(22(3)29(25)19-20)37-33-26(23-9-6-5-7-10-23)11-8-12-27(33)28-16-14-24-17-18-36(4)35(30)31(24)34(28)37/h5-19H,1-4H3/q+1. The van der Waals surface area contributed by atoms with Crippen LogP contribution in [0.1, 0.15) is 16.7 Å². The lowest BCUT2D eigenvalue weighted by atomic mass is 9.92. The first-order valence-electron chi connectivity index (χ1n) is 13.0. The Morgan fingerprint density at radius 1 is 0.595 bits per heavy atom. The van der Waals surface area contributed by atoms with Gasteiger partial charge in [-0.25, -0.2) is 4.57 Å². The monoisotopic (exact) mass is 475 g/mol. The molecular formula is C35H27N2+. The van der Waals surface area contributed by atoms with E-state index in [9.17, 15) is 0 Å². The van der Waals surface area contributed by atoms with Gasteiger partial charge in [0.2, 0.25) is 5.52 Å². The van der Waals surface area contributed by atoms with E-state index in [2.05, 4.69) is 128 Å². The minimum atomic E-state index is 1.25. The van der Waals surface area contributed by atoms with Crippen LogP contribution in [-0.2, 0) is 7.05 Å². The largest absolute Gasteiger partial charge is 0.307 e. The van der Waals surface area contributed by atoms with Gasteiger partial charge in [0.15, 0.2) is 6.20 Å². The van der Waals surface area contributed by atoms with Crippen LogP contribution in [0.4, 0.5) is 0 Å². The maximum atomic E-state index is 2.60. The normalized spacial score (nSPS) is 12.3. The second-order valence-corrected chi connectivity index (χ2v) is 10.6. The average Bonchev–Trinajstić information content (AvgIpc) is 3.27. The number of aryl methyl sites for hydroxylation is 4. The van der Waals surface area contributed by atoms with E-state index in [1.54, 1.807) is 0 Å².